The number of hydrogen-bond acceptors (Lipinski definition) is 3. The Hall–Kier alpha value is -2.10. The molecule has 0 heterocycles. The summed E-state index contributed by atoms with van der Waals surface area (Å²) in [6, 6.07) is 8.43. The molecule has 0 spiro atoms. The second-order valence-corrected chi connectivity index (χ2v) is 3.50. The van der Waals surface area contributed by atoms with Gasteiger partial charge in [0.1, 0.15) is 6.10 Å². The SMILES string of the molecule is C=C(C(=O)O)C(CC)OC(=O)c1ccccc1. The Morgan fingerprint density at radius 1 is 1.35 bits per heavy atom. The molecule has 4 nitrogen and oxygen atoms in total. The van der Waals surface area contributed by atoms with E-state index >= 15 is 0 Å². The topological polar surface area (TPSA) is 63.6 Å². The molecule has 1 atom stereocenters. The smallest absolute Gasteiger partial charge is 0.338 e. The fourth-order valence-corrected chi connectivity index (χ4v) is 1.31. The van der Waals surface area contributed by atoms with Gasteiger partial charge < -0.3 is 9.84 Å². The second-order valence-electron chi connectivity index (χ2n) is 3.50. The van der Waals surface area contributed by atoms with Gasteiger partial charge in [0.05, 0.1) is 11.1 Å². The minimum atomic E-state index is -1.15. The van der Waals surface area contributed by atoms with Crippen LogP contribution in [-0.4, -0.2) is 23.1 Å². The highest BCUT2D eigenvalue weighted by Gasteiger charge is 2.21. The van der Waals surface area contributed by atoms with Crippen molar-refractivity contribution in [2.75, 3.05) is 0 Å². The van der Waals surface area contributed by atoms with Crippen LogP contribution >= 0.6 is 0 Å². The van der Waals surface area contributed by atoms with Crippen LogP contribution in [0.15, 0.2) is 42.5 Å². The third-order valence-corrected chi connectivity index (χ3v) is 2.29. The second kappa shape index (κ2) is 5.84. The van der Waals surface area contributed by atoms with Crippen LogP contribution in [0.3, 0.4) is 0 Å². The number of carbonyl (C=O) groups is 2. The van der Waals surface area contributed by atoms with Gasteiger partial charge in [-0.2, -0.15) is 0 Å². The molecule has 0 aromatic heterocycles. The third kappa shape index (κ3) is 3.45. The predicted molar refractivity (Wildman–Crippen MR) is 62.7 cm³/mol. The molecule has 1 aromatic rings. The highest BCUT2D eigenvalue weighted by molar-refractivity contribution is 5.91. The van der Waals surface area contributed by atoms with Gasteiger partial charge in [-0.05, 0) is 18.6 Å². The highest BCUT2D eigenvalue weighted by Crippen LogP contribution is 2.12. The summed E-state index contributed by atoms with van der Waals surface area (Å²) in [6.45, 7) is 5.13. The van der Waals surface area contributed by atoms with Crippen molar-refractivity contribution >= 4 is 11.9 Å². The van der Waals surface area contributed by atoms with Crippen molar-refractivity contribution in [2.45, 2.75) is 19.4 Å². The molecule has 0 saturated heterocycles. The van der Waals surface area contributed by atoms with Crippen LogP contribution in [0.2, 0.25) is 0 Å². The van der Waals surface area contributed by atoms with Crippen molar-refractivity contribution in [3.8, 4) is 0 Å². The molecule has 1 aromatic carbocycles. The third-order valence-electron chi connectivity index (χ3n) is 2.29. The number of carboxylic acids is 1. The molecule has 90 valence electrons. The Morgan fingerprint density at radius 2 is 1.94 bits per heavy atom. The average molecular weight is 234 g/mol. The van der Waals surface area contributed by atoms with Crippen molar-refractivity contribution in [1.82, 2.24) is 0 Å². The van der Waals surface area contributed by atoms with Crippen LogP contribution in [0.1, 0.15) is 23.7 Å². The lowest BCUT2D eigenvalue weighted by atomic mass is 10.1. The molecule has 1 rings (SSSR count). The lowest BCUT2D eigenvalue weighted by Gasteiger charge is -2.15. The molecular formula is C13H14O4. The summed E-state index contributed by atoms with van der Waals surface area (Å²) in [5.41, 5.74) is 0.279. The zero-order valence-electron chi connectivity index (χ0n) is 9.55. The van der Waals surface area contributed by atoms with E-state index < -0.39 is 18.0 Å². The summed E-state index contributed by atoms with van der Waals surface area (Å²) in [5.74, 6) is -1.70. The number of hydrogen-bond donors (Lipinski definition) is 1. The lowest BCUT2D eigenvalue weighted by Crippen LogP contribution is -2.23. The Labute approximate surface area is 99.5 Å². The molecule has 0 aliphatic heterocycles. The Kier molecular flexibility index (Phi) is 4.46. The summed E-state index contributed by atoms with van der Waals surface area (Å²) in [6.07, 6.45) is -0.413. The molecule has 0 bridgehead atoms. The van der Waals surface area contributed by atoms with E-state index in [1.807, 2.05) is 0 Å². The van der Waals surface area contributed by atoms with E-state index in [0.717, 1.165) is 0 Å². The summed E-state index contributed by atoms with van der Waals surface area (Å²) in [5, 5.41) is 8.78. The van der Waals surface area contributed by atoms with E-state index in [4.69, 9.17) is 9.84 Å². The van der Waals surface area contributed by atoms with Gasteiger partial charge in [-0.25, -0.2) is 9.59 Å². The van der Waals surface area contributed by atoms with Crippen molar-refractivity contribution in [3.05, 3.63) is 48.0 Å². The molecule has 0 fully saturated rings. The van der Waals surface area contributed by atoms with E-state index in [-0.39, 0.29) is 5.57 Å². The van der Waals surface area contributed by atoms with Crippen molar-refractivity contribution in [1.29, 1.82) is 0 Å². The summed E-state index contributed by atoms with van der Waals surface area (Å²) < 4.78 is 5.09. The van der Waals surface area contributed by atoms with Gasteiger partial charge in [0.15, 0.2) is 0 Å². The van der Waals surface area contributed by atoms with Crippen LogP contribution in [0, 0.1) is 0 Å². The first-order valence-corrected chi connectivity index (χ1v) is 5.24. The summed E-state index contributed by atoms with van der Waals surface area (Å²) >= 11 is 0. The highest BCUT2D eigenvalue weighted by atomic mass is 16.5. The molecule has 4 heteroatoms. The number of carboxylic acid groups (broad SMARTS) is 1. The van der Waals surface area contributed by atoms with Gasteiger partial charge in [-0.1, -0.05) is 31.7 Å². The molecule has 0 amide bonds. The zero-order valence-corrected chi connectivity index (χ0v) is 9.55. The molecule has 17 heavy (non-hydrogen) atoms. The number of aliphatic carboxylic acids is 1. The largest absolute Gasteiger partial charge is 0.478 e. The van der Waals surface area contributed by atoms with Gasteiger partial charge >= 0.3 is 11.9 Å². The maximum Gasteiger partial charge on any atom is 0.338 e. The Morgan fingerprint density at radius 3 is 2.41 bits per heavy atom. The van der Waals surface area contributed by atoms with E-state index in [1.54, 1.807) is 37.3 Å². The van der Waals surface area contributed by atoms with Gasteiger partial charge in [0, 0.05) is 0 Å². The lowest BCUT2D eigenvalue weighted by molar-refractivity contribution is -0.133. The van der Waals surface area contributed by atoms with Crippen molar-refractivity contribution in [2.24, 2.45) is 0 Å². The average Bonchev–Trinajstić information content (AvgIpc) is 2.35. The van der Waals surface area contributed by atoms with Crippen LogP contribution in [0.25, 0.3) is 0 Å². The summed E-state index contributed by atoms with van der Waals surface area (Å²) in [4.78, 5) is 22.4. The first-order valence-electron chi connectivity index (χ1n) is 5.24. The van der Waals surface area contributed by atoms with E-state index in [2.05, 4.69) is 6.58 Å². The van der Waals surface area contributed by atoms with Crippen molar-refractivity contribution < 1.29 is 19.4 Å². The zero-order chi connectivity index (χ0) is 12.8. The van der Waals surface area contributed by atoms with Gasteiger partial charge in [0.2, 0.25) is 0 Å². The number of rotatable bonds is 5. The Bertz CT molecular complexity index is 422. The minimum Gasteiger partial charge on any atom is -0.478 e. The molecule has 1 unspecified atom stereocenters. The van der Waals surface area contributed by atoms with E-state index in [0.29, 0.717) is 12.0 Å². The van der Waals surface area contributed by atoms with Crippen LogP contribution in [0.5, 0.6) is 0 Å². The minimum absolute atomic E-state index is 0.114. The number of carbonyl (C=O) groups excluding carboxylic acids is 1. The van der Waals surface area contributed by atoms with E-state index in [1.165, 1.54) is 0 Å². The number of benzene rings is 1. The van der Waals surface area contributed by atoms with Crippen LogP contribution < -0.4 is 0 Å². The monoisotopic (exact) mass is 234 g/mol. The first kappa shape index (κ1) is 13.0. The van der Waals surface area contributed by atoms with Gasteiger partial charge in [-0.3, -0.25) is 0 Å². The number of esters is 1. The van der Waals surface area contributed by atoms with Crippen LogP contribution in [-0.2, 0) is 9.53 Å². The fraction of sp³-hybridized carbons (Fsp3) is 0.231. The summed E-state index contributed by atoms with van der Waals surface area (Å²) in [7, 11) is 0. The van der Waals surface area contributed by atoms with E-state index in [9.17, 15) is 9.59 Å². The van der Waals surface area contributed by atoms with Crippen molar-refractivity contribution in [3.63, 3.8) is 0 Å². The molecular weight excluding hydrogens is 220 g/mol. The maximum absolute atomic E-state index is 11.7. The van der Waals surface area contributed by atoms with Gasteiger partial charge in [0.25, 0.3) is 0 Å². The molecule has 0 aliphatic carbocycles. The molecule has 0 saturated carbocycles. The molecule has 0 radical (unpaired) electrons. The Balaban J connectivity index is 2.73. The molecule has 0 aliphatic rings. The predicted octanol–water partition coefficient (Wildman–Crippen LogP) is 2.26. The first-order chi connectivity index (χ1) is 8.06. The maximum atomic E-state index is 11.7. The van der Waals surface area contributed by atoms with Gasteiger partial charge in [-0.15, -0.1) is 0 Å². The molecule has 1 N–H and O–H groups in total. The quantitative estimate of drug-likeness (QED) is 0.627. The normalized spacial score (nSPS) is 11.6. The van der Waals surface area contributed by atoms with Crippen LogP contribution in [0.4, 0.5) is 0 Å². The number of ether oxygens (including phenoxy) is 1. The standard InChI is InChI=1S/C13H14O4/c1-3-11(9(2)12(14)15)17-13(16)10-7-5-4-6-8-10/h4-8,11H,2-3H2,1H3,(H,14,15). The fourth-order valence-electron chi connectivity index (χ4n) is 1.31.